The quantitative estimate of drug-likeness (QED) is 0.715. The molecule has 1 aromatic rings. The van der Waals surface area contributed by atoms with E-state index in [1.807, 2.05) is 6.92 Å². The minimum absolute atomic E-state index is 0.0525. The minimum atomic E-state index is -0.198. The SMILES string of the molecule is CCCn1c(SCC(=O)N[C@H](C)C23CC4CC(CC(C4)C2)C3)n[nH]c1=O. The fourth-order valence-electron chi connectivity index (χ4n) is 6.11. The normalized spacial score (nSPS) is 33.4. The zero-order valence-corrected chi connectivity index (χ0v) is 16.6. The van der Waals surface area contributed by atoms with Gasteiger partial charge < -0.3 is 5.32 Å². The fraction of sp³-hybridized carbons (Fsp3) is 0.842. The number of aromatic nitrogens is 3. The van der Waals surface area contributed by atoms with Gasteiger partial charge in [-0.25, -0.2) is 9.89 Å². The second kappa shape index (κ2) is 7.06. The van der Waals surface area contributed by atoms with Gasteiger partial charge in [0.2, 0.25) is 5.91 Å². The van der Waals surface area contributed by atoms with Crippen molar-refractivity contribution in [2.45, 2.75) is 76.5 Å². The molecule has 0 aromatic carbocycles. The maximum Gasteiger partial charge on any atom is 0.343 e. The second-order valence-corrected chi connectivity index (χ2v) is 9.76. The van der Waals surface area contributed by atoms with Gasteiger partial charge in [0.15, 0.2) is 5.16 Å². The second-order valence-electron chi connectivity index (χ2n) is 8.82. The molecule has 7 heteroatoms. The molecule has 0 radical (unpaired) electrons. The van der Waals surface area contributed by atoms with Crippen molar-refractivity contribution >= 4 is 17.7 Å². The first-order valence-electron chi connectivity index (χ1n) is 10.1. The molecule has 4 aliphatic rings. The summed E-state index contributed by atoms with van der Waals surface area (Å²) in [6.45, 7) is 4.86. The zero-order chi connectivity index (χ0) is 18.3. The van der Waals surface area contributed by atoms with E-state index in [0.717, 1.165) is 24.2 Å². The average Bonchev–Trinajstić information content (AvgIpc) is 2.92. The van der Waals surface area contributed by atoms with Gasteiger partial charge >= 0.3 is 5.69 Å². The molecular weight excluding hydrogens is 348 g/mol. The van der Waals surface area contributed by atoms with Crippen LogP contribution >= 0.6 is 11.8 Å². The predicted molar refractivity (Wildman–Crippen MR) is 102 cm³/mol. The van der Waals surface area contributed by atoms with E-state index in [4.69, 9.17) is 0 Å². The Labute approximate surface area is 158 Å². The van der Waals surface area contributed by atoms with Crippen LogP contribution in [0, 0.1) is 23.2 Å². The van der Waals surface area contributed by atoms with E-state index in [1.54, 1.807) is 4.57 Å². The highest BCUT2D eigenvalue weighted by Crippen LogP contribution is 2.61. The van der Waals surface area contributed by atoms with Crippen LogP contribution in [0.15, 0.2) is 9.95 Å². The summed E-state index contributed by atoms with van der Waals surface area (Å²) in [7, 11) is 0. The molecule has 0 spiro atoms. The van der Waals surface area contributed by atoms with Gasteiger partial charge in [0, 0.05) is 12.6 Å². The number of nitrogens with zero attached hydrogens (tertiary/aromatic N) is 2. The van der Waals surface area contributed by atoms with Gasteiger partial charge in [-0.05, 0) is 75.0 Å². The molecule has 144 valence electrons. The van der Waals surface area contributed by atoms with E-state index >= 15 is 0 Å². The molecule has 0 aliphatic heterocycles. The van der Waals surface area contributed by atoms with Gasteiger partial charge in [0.05, 0.1) is 5.75 Å². The molecule has 1 atom stereocenters. The fourth-order valence-corrected chi connectivity index (χ4v) is 6.89. The Morgan fingerprint density at radius 3 is 2.50 bits per heavy atom. The van der Waals surface area contributed by atoms with Gasteiger partial charge in [0.25, 0.3) is 0 Å². The van der Waals surface area contributed by atoms with Crippen molar-refractivity contribution in [1.82, 2.24) is 20.1 Å². The molecule has 4 fully saturated rings. The smallest absolute Gasteiger partial charge is 0.343 e. The Morgan fingerprint density at radius 1 is 1.31 bits per heavy atom. The molecule has 4 saturated carbocycles. The van der Waals surface area contributed by atoms with Crippen molar-refractivity contribution < 1.29 is 4.79 Å². The third-order valence-corrected chi connectivity index (χ3v) is 7.86. The zero-order valence-electron chi connectivity index (χ0n) is 15.8. The van der Waals surface area contributed by atoms with E-state index < -0.39 is 0 Å². The molecular formula is C19H30N4O2S. The van der Waals surface area contributed by atoms with E-state index in [2.05, 4.69) is 22.4 Å². The minimum Gasteiger partial charge on any atom is -0.352 e. The molecule has 26 heavy (non-hydrogen) atoms. The molecule has 1 aromatic heterocycles. The molecule has 0 unspecified atom stereocenters. The van der Waals surface area contributed by atoms with Gasteiger partial charge in [0.1, 0.15) is 0 Å². The summed E-state index contributed by atoms with van der Waals surface area (Å²) in [5.41, 5.74) is 0.128. The first kappa shape index (κ1) is 18.1. The summed E-state index contributed by atoms with van der Waals surface area (Å²) < 4.78 is 1.61. The molecule has 6 nitrogen and oxygen atoms in total. The number of carbonyl (C=O) groups excluding carboxylic acids is 1. The maximum absolute atomic E-state index is 12.5. The Morgan fingerprint density at radius 2 is 1.92 bits per heavy atom. The van der Waals surface area contributed by atoms with Crippen molar-refractivity contribution in [3.63, 3.8) is 0 Å². The van der Waals surface area contributed by atoms with Gasteiger partial charge in [-0.2, -0.15) is 0 Å². The monoisotopic (exact) mass is 378 g/mol. The molecule has 5 rings (SSSR count). The highest BCUT2D eigenvalue weighted by molar-refractivity contribution is 7.99. The number of rotatable bonds is 7. The number of H-pyrrole nitrogens is 1. The molecule has 4 bridgehead atoms. The number of nitrogens with one attached hydrogen (secondary N) is 2. The summed E-state index contributed by atoms with van der Waals surface area (Å²) in [4.78, 5) is 24.3. The van der Waals surface area contributed by atoms with Crippen molar-refractivity contribution in [2.75, 3.05) is 5.75 Å². The van der Waals surface area contributed by atoms with E-state index in [-0.39, 0.29) is 17.6 Å². The van der Waals surface area contributed by atoms with Crippen LogP contribution in [0.1, 0.15) is 58.8 Å². The number of amides is 1. The number of carbonyl (C=O) groups is 1. The van der Waals surface area contributed by atoms with Crippen LogP contribution in [0.2, 0.25) is 0 Å². The van der Waals surface area contributed by atoms with E-state index in [0.29, 0.717) is 22.9 Å². The average molecular weight is 379 g/mol. The summed E-state index contributed by atoms with van der Waals surface area (Å²) in [5.74, 6) is 3.04. The molecule has 2 N–H and O–H groups in total. The highest BCUT2D eigenvalue weighted by Gasteiger charge is 2.53. The summed E-state index contributed by atoms with van der Waals surface area (Å²) in [6.07, 6.45) is 9.01. The van der Waals surface area contributed by atoms with Gasteiger partial charge in [-0.1, -0.05) is 18.7 Å². The predicted octanol–water partition coefficient (Wildman–Crippen LogP) is 2.79. The number of aromatic amines is 1. The van der Waals surface area contributed by atoms with E-state index in [9.17, 15) is 9.59 Å². The lowest BCUT2D eigenvalue weighted by Crippen LogP contribution is -2.56. The standard InChI is InChI=1S/C19H30N4O2S/c1-3-4-23-17(25)21-22-18(23)26-11-16(24)20-12(2)19-8-13-5-14(9-19)7-15(6-13)10-19/h12-15H,3-11H2,1-2H3,(H,20,24)(H,21,25)/t12-,13?,14?,15?,19?/m1/s1. The molecule has 4 aliphatic carbocycles. The molecule has 1 amide bonds. The largest absolute Gasteiger partial charge is 0.352 e. The van der Waals surface area contributed by atoms with Crippen LogP contribution in [0.3, 0.4) is 0 Å². The van der Waals surface area contributed by atoms with Crippen LogP contribution in [-0.2, 0) is 11.3 Å². The third kappa shape index (κ3) is 3.35. The third-order valence-electron chi connectivity index (χ3n) is 6.88. The number of hydrogen-bond donors (Lipinski definition) is 2. The van der Waals surface area contributed by atoms with E-state index in [1.165, 1.54) is 50.3 Å². The summed E-state index contributed by atoms with van der Waals surface area (Å²) in [5, 5.41) is 10.4. The maximum atomic E-state index is 12.5. The molecule has 1 heterocycles. The van der Waals surface area contributed by atoms with Crippen molar-refractivity contribution in [3.05, 3.63) is 10.5 Å². The summed E-state index contributed by atoms with van der Waals surface area (Å²) in [6, 6.07) is 0.237. The topological polar surface area (TPSA) is 79.8 Å². The van der Waals surface area contributed by atoms with Crippen molar-refractivity contribution in [1.29, 1.82) is 0 Å². The van der Waals surface area contributed by atoms with Crippen molar-refractivity contribution in [3.8, 4) is 0 Å². The first-order valence-corrected chi connectivity index (χ1v) is 11.0. The van der Waals surface area contributed by atoms with Gasteiger partial charge in [-0.15, -0.1) is 5.10 Å². The van der Waals surface area contributed by atoms with Crippen molar-refractivity contribution in [2.24, 2.45) is 23.2 Å². The number of hydrogen-bond acceptors (Lipinski definition) is 4. The summed E-state index contributed by atoms with van der Waals surface area (Å²) >= 11 is 1.34. The van der Waals surface area contributed by atoms with Crippen LogP contribution < -0.4 is 11.0 Å². The highest BCUT2D eigenvalue weighted by atomic mass is 32.2. The van der Waals surface area contributed by atoms with Crippen LogP contribution in [0.25, 0.3) is 0 Å². The van der Waals surface area contributed by atoms with Crippen LogP contribution in [-0.4, -0.2) is 32.5 Å². The Balaban J connectivity index is 1.34. The lowest BCUT2D eigenvalue weighted by molar-refractivity contribution is -0.123. The Hall–Kier alpha value is -1.24. The molecule has 0 saturated heterocycles. The Bertz CT molecular complexity index is 690. The first-order chi connectivity index (χ1) is 12.5. The lowest BCUT2D eigenvalue weighted by atomic mass is 9.48. The lowest BCUT2D eigenvalue weighted by Gasteiger charge is -2.59. The Kier molecular flexibility index (Phi) is 4.92. The van der Waals surface area contributed by atoms with Crippen LogP contribution in [0.5, 0.6) is 0 Å². The van der Waals surface area contributed by atoms with Gasteiger partial charge in [-0.3, -0.25) is 9.36 Å². The van der Waals surface area contributed by atoms with Crippen LogP contribution in [0.4, 0.5) is 0 Å². The number of thioether (sulfide) groups is 1.